The van der Waals surface area contributed by atoms with Crippen LogP contribution in [-0.2, 0) is 11.3 Å². The van der Waals surface area contributed by atoms with Crippen LogP contribution in [0.4, 0.5) is 0 Å². The van der Waals surface area contributed by atoms with Gasteiger partial charge in [-0.1, -0.05) is 18.2 Å². The molecule has 2 amide bonds. The monoisotopic (exact) mass is 405 g/mol. The van der Waals surface area contributed by atoms with E-state index in [0.717, 1.165) is 23.0 Å². The molecule has 156 valence electrons. The van der Waals surface area contributed by atoms with Crippen molar-refractivity contribution in [1.82, 2.24) is 15.2 Å². The number of hydrogen-bond acceptors (Lipinski definition) is 3. The molecule has 2 N–H and O–H groups in total. The van der Waals surface area contributed by atoms with E-state index in [-0.39, 0.29) is 23.6 Å². The second-order valence-corrected chi connectivity index (χ2v) is 7.26. The van der Waals surface area contributed by atoms with Crippen LogP contribution >= 0.6 is 0 Å². The number of methoxy groups -OCH3 is 1. The first kappa shape index (κ1) is 21.2. The zero-order valence-corrected chi connectivity index (χ0v) is 17.7. The van der Waals surface area contributed by atoms with Gasteiger partial charge in [-0.2, -0.15) is 0 Å². The molecule has 1 heterocycles. The van der Waals surface area contributed by atoms with E-state index in [1.54, 1.807) is 37.5 Å². The van der Waals surface area contributed by atoms with Gasteiger partial charge in [0.15, 0.2) is 0 Å². The van der Waals surface area contributed by atoms with Crippen LogP contribution in [0.15, 0.2) is 60.4 Å². The number of aryl methyl sites for hydroxylation is 1. The molecule has 0 fully saturated rings. The Kier molecular flexibility index (Phi) is 6.57. The van der Waals surface area contributed by atoms with Crippen LogP contribution in [0.5, 0.6) is 5.75 Å². The molecule has 3 aromatic rings. The van der Waals surface area contributed by atoms with E-state index in [0.29, 0.717) is 11.3 Å². The predicted octanol–water partition coefficient (Wildman–Crippen LogP) is 3.97. The second-order valence-electron chi connectivity index (χ2n) is 7.26. The number of para-hydroxylation sites is 1. The van der Waals surface area contributed by atoms with Crippen molar-refractivity contribution in [3.8, 4) is 5.75 Å². The van der Waals surface area contributed by atoms with Gasteiger partial charge in [0.25, 0.3) is 11.8 Å². The van der Waals surface area contributed by atoms with E-state index in [2.05, 4.69) is 22.1 Å². The smallest absolute Gasteiger partial charge is 0.268 e. The SMILES string of the molecule is CCn1cc(/C=C(\NC(=O)c2ccc(OC)cc2)C(=O)NC(C)C)c2ccccc21. The molecule has 0 radical (unpaired) electrons. The zero-order valence-electron chi connectivity index (χ0n) is 17.7. The molecule has 0 spiro atoms. The third kappa shape index (κ3) is 4.71. The van der Waals surface area contributed by atoms with Crippen LogP contribution in [0.25, 0.3) is 17.0 Å². The number of rotatable bonds is 7. The molecule has 6 nitrogen and oxygen atoms in total. The number of fused-ring (bicyclic) bond motifs is 1. The average Bonchev–Trinajstić information content (AvgIpc) is 3.10. The molecule has 0 saturated carbocycles. The minimum atomic E-state index is -0.359. The lowest BCUT2D eigenvalue weighted by Crippen LogP contribution is -2.38. The highest BCUT2D eigenvalue weighted by Crippen LogP contribution is 2.23. The first-order valence-electron chi connectivity index (χ1n) is 9.98. The van der Waals surface area contributed by atoms with Crippen molar-refractivity contribution < 1.29 is 14.3 Å². The largest absolute Gasteiger partial charge is 0.497 e. The Hall–Kier alpha value is -3.54. The van der Waals surface area contributed by atoms with Gasteiger partial charge in [-0.25, -0.2) is 0 Å². The van der Waals surface area contributed by atoms with Crippen molar-refractivity contribution in [3.05, 3.63) is 71.6 Å². The first-order chi connectivity index (χ1) is 14.4. The topological polar surface area (TPSA) is 72.4 Å². The summed E-state index contributed by atoms with van der Waals surface area (Å²) in [5, 5.41) is 6.66. The first-order valence-corrected chi connectivity index (χ1v) is 9.98. The summed E-state index contributed by atoms with van der Waals surface area (Å²) in [6, 6.07) is 14.7. The molecule has 0 aliphatic rings. The van der Waals surface area contributed by atoms with Gasteiger partial charge < -0.3 is 19.9 Å². The van der Waals surface area contributed by atoms with E-state index in [9.17, 15) is 9.59 Å². The normalized spacial score (nSPS) is 11.6. The maximum Gasteiger partial charge on any atom is 0.268 e. The lowest BCUT2D eigenvalue weighted by molar-refractivity contribution is -0.118. The molecule has 0 atom stereocenters. The van der Waals surface area contributed by atoms with Crippen molar-refractivity contribution in [2.75, 3.05) is 7.11 Å². The van der Waals surface area contributed by atoms with Gasteiger partial charge in [0.1, 0.15) is 11.4 Å². The van der Waals surface area contributed by atoms with Crippen LogP contribution in [0.1, 0.15) is 36.7 Å². The maximum atomic E-state index is 12.8. The Morgan fingerprint density at radius 1 is 1.10 bits per heavy atom. The molecule has 1 aromatic heterocycles. The van der Waals surface area contributed by atoms with Crippen molar-refractivity contribution in [3.63, 3.8) is 0 Å². The number of aromatic nitrogens is 1. The highest BCUT2D eigenvalue weighted by Gasteiger charge is 2.17. The molecule has 2 aromatic carbocycles. The Bertz CT molecular complexity index is 1080. The quantitative estimate of drug-likeness (QED) is 0.585. The third-order valence-electron chi connectivity index (χ3n) is 4.72. The molecule has 0 unspecified atom stereocenters. The summed E-state index contributed by atoms with van der Waals surface area (Å²) in [6.45, 7) is 6.63. The van der Waals surface area contributed by atoms with Gasteiger partial charge in [-0.3, -0.25) is 9.59 Å². The zero-order chi connectivity index (χ0) is 21.7. The van der Waals surface area contributed by atoms with Crippen LogP contribution in [0.2, 0.25) is 0 Å². The minimum Gasteiger partial charge on any atom is -0.497 e. The molecule has 0 saturated heterocycles. The fourth-order valence-corrected chi connectivity index (χ4v) is 3.24. The highest BCUT2D eigenvalue weighted by molar-refractivity contribution is 6.06. The van der Waals surface area contributed by atoms with Crippen molar-refractivity contribution in [1.29, 1.82) is 0 Å². The van der Waals surface area contributed by atoms with Crippen molar-refractivity contribution in [2.45, 2.75) is 33.4 Å². The van der Waals surface area contributed by atoms with E-state index in [1.165, 1.54) is 0 Å². The van der Waals surface area contributed by atoms with E-state index >= 15 is 0 Å². The number of nitrogens with zero attached hydrogens (tertiary/aromatic N) is 1. The average molecular weight is 405 g/mol. The molecule has 3 rings (SSSR count). The number of amides is 2. The van der Waals surface area contributed by atoms with Crippen LogP contribution in [0, 0.1) is 0 Å². The van der Waals surface area contributed by atoms with Crippen LogP contribution in [-0.4, -0.2) is 29.5 Å². The fourth-order valence-electron chi connectivity index (χ4n) is 3.24. The summed E-state index contributed by atoms with van der Waals surface area (Å²) in [5.41, 5.74) is 2.59. The molecule has 0 bridgehead atoms. The van der Waals surface area contributed by atoms with Gasteiger partial charge >= 0.3 is 0 Å². The lowest BCUT2D eigenvalue weighted by Gasteiger charge is -2.13. The number of carbonyl (C=O) groups excluding carboxylic acids is 2. The van der Waals surface area contributed by atoms with Gasteiger partial charge in [-0.15, -0.1) is 0 Å². The maximum absolute atomic E-state index is 12.8. The Morgan fingerprint density at radius 2 is 1.80 bits per heavy atom. The summed E-state index contributed by atoms with van der Waals surface area (Å²) in [5.74, 6) is -0.0329. The molecule has 30 heavy (non-hydrogen) atoms. The molecule has 0 aliphatic heterocycles. The van der Waals surface area contributed by atoms with Crippen LogP contribution < -0.4 is 15.4 Å². The summed E-state index contributed by atoms with van der Waals surface area (Å²) >= 11 is 0. The Labute approximate surface area is 176 Å². The Morgan fingerprint density at radius 3 is 2.43 bits per heavy atom. The van der Waals surface area contributed by atoms with Crippen molar-refractivity contribution >= 4 is 28.8 Å². The number of ether oxygens (including phenoxy) is 1. The molecular formula is C24H27N3O3. The van der Waals surface area contributed by atoms with Gasteiger partial charge in [0, 0.05) is 40.8 Å². The summed E-state index contributed by atoms with van der Waals surface area (Å²) < 4.78 is 7.25. The fraction of sp³-hybridized carbons (Fsp3) is 0.250. The van der Waals surface area contributed by atoms with Gasteiger partial charge in [-0.05, 0) is 57.2 Å². The predicted molar refractivity (Wildman–Crippen MR) is 119 cm³/mol. The second kappa shape index (κ2) is 9.31. The summed E-state index contributed by atoms with van der Waals surface area (Å²) in [6.07, 6.45) is 3.72. The molecular weight excluding hydrogens is 378 g/mol. The van der Waals surface area contributed by atoms with Crippen LogP contribution in [0.3, 0.4) is 0 Å². The summed E-state index contributed by atoms with van der Waals surface area (Å²) in [4.78, 5) is 25.6. The number of hydrogen-bond donors (Lipinski definition) is 2. The number of benzene rings is 2. The minimum absolute atomic E-state index is 0.0595. The van der Waals surface area contributed by atoms with E-state index < -0.39 is 0 Å². The molecule has 6 heteroatoms. The number of nitrogens with one attached hydrogen (secondary N) is 2. The number of carbonyl (C=O) groups is 2. The van der Waals surface area contributed by atoms with E-state index in [4.69, 9.17) is 4.74 Å². The third-order valence-corrected chi connectivity index (χ3v) is 4.72. The Balaban J connectivity index is 1.98. The highest BCUT2D eigenvalue weighted by atomic mass is 16.5. The van der Waals surface area contributed by atoms with Crippen molar-refractivity contribution in [2.24, 2.45) is 0 Å². The van der Waals surface area contributed by atoms with E-state index in [1.807, 2.05) is 44.3 Å². The standard InChI is InChI=1S/C24H27N3O3/c1-5-27-15-18(20-8-6-7-9-22(20)27)14-21(24(29)25-16(2)3)26-23(28)17-10-12-19(30-4)13-11-17/h6-16H,5H2,1-4H3,(H,25,29)(H,26,28)/b21-14-. The van der Waals surface area contributed by atoms with Gasteiger partial charge in [0.05, 0.1) is 7.11 Å². The summed E-state index contributed by atoms with van der Waals surface area (Å²) in [7, 11) is 1.57. The van der Waals surface area contributed by atoms with Gasteiger partial charge in [0.2, 0.25) is 0 Å². The molecule has 0 aliphatic carbocycles. The lowest BCUT2D eigenvalue weighted by atomic mass is 10.1.